The average Bonchev–Trinajstić information content (AvgIpc) is 2.52. The van der Waals surface area contributed by atoms with Gasteiger partial charge in [-0.05, 0) is 51.9 Å². The highest BCUT2D eigenvalue weighted by atomic mass is 35.5. The molecule has 134 valence electrons. The lowest BCUT2D eigenvalue weighted by molar-refractivity contribution is 0.222. The van der Waals surface area contributed by atoms with Gasteiger partial charge in [0.1, 0.15) is 0 Å². The predicted octanol–water partition coefficient (Wildman–Crippen LogP) is 5.40. The highest BCUT2D eigenvalue weighted by Gasteiger charge is 2.15. The van der Waals surface area contributed by atoms with Crippen molar-refractivity contribution in [3.63, 3.8) is 0 Å². The first kappa shape index (κ1) is 22.2. The van der Waals surface area contributed by atoms with E-state index in [1.165, 1.54) is 77.5 Å². The topological polar surface area (TPSA) is 6.48 Å². The van der Waals surface area contributed by atoms with Crippen LogP contribution in [0.25, 0.3) is 0 Å². The molecule has 0 saturated heterocycles. The standard InChI is InChI=1S/C19H41ClN2/c1-5-9-13-21(14-10-6-2)17-19(20)18-22(15-11-7-3)16-12-8-4/h19H,5-18H2,1-4H3. The van der Waals surface area contributed by atoms with Crippen LogP contribution < -0.4 is 0 Å². The van der Waals surface area contributed by atoms with Gasteiger partial charge in [-0.25, -0.2) is 0 Å². The Hall–Kier alpha value is 0.210. The lowest BCUT2D eigenvalue weighted by atomic mass is 10.2. The first-order chi connectivity index (χ1) is 10.7. The van der Waals surface area contributed by atoms with Gasteiger partial charge in [-0.1, -0.05) is 53.4 Å². The molecule has 0 fully saturated rings. The zero-order valence-corrected chi connectivity index (χ0v) is 16.5. The summed E-state index contributed by atoms with van der Waals surface area (Å²) in [6.07, 6.45) is 10.3. The molecule has 0 aromatic heterocycles. The maximum absolute atomic E-state index is 6.70. The van der Waals surface area contributed by atoms with Crippen LogP contribution in [-0.4, -0.2) is 54.4 Å². The summed E-state index contributed by atoms with van der Waals surface area (Å²) < 4.78 is 0. The van der Waals surface area contributed by atoms with Crippen LogP contribution in [0.3, 0.4) is 0 Å². The molecule has 0 aliphatic carbocycles. The number of rotatable bonds is 16. The maximum atomic E-state index is 6.70. The molecule has 0 rings (SSSR count). The van der Waals surface area contributed by atoms with Crippen molar-refractivity contribution in [3.8, 4) is 0 Å². The van der Waals surface area contributed by atoms with Crippen LogP contribution in [0.5, 0.6) is 0 Å². The van der Waals surface area contributed by atoms with Crippen molar-refractivity contribution in [1.29, 1.82) is 0 Å². The second-order valence-electron chi connectivity index (χ2n) is 6.61. The van der Waals surface area contributed by atoms with Gasteiger partial charge in [-0.15, -0.1) is 11.6 Å². The molecule has 0 saturated carbocycles. The molecule has 0 heterocycles. The molecule has 0 radical (unpaired) electrons. The first-order valence-electron chi connectivity index (χ1n) is 9.76. The van der Waals surface area contributed by atoms with Crippen molar-refractivity contribution in [2.75, 3.05) is 39.3 Å². The summed E-state index contributed by atoms with van der Waals surface area (Å²) in [7, 11) is 0. The van der Waals surface area contributed by atoms with Gasteiger partial charge in [0.15, 0.2) is 0 Å². The summed E-state index contributed by atoms with van der Waals surface area (Å²) in [6.45, 7) is 16.0. The summed E-state index contributed by atoms with van der Waals surface area (Å²) in [5, 5.41) is 0.266. The van der Waals surface area contributed by atoms with Crippen LogP contribution in [-0.2, 0) is 0 Å². The molecule has 3 heteroatoms. The minimum atomic E-state index is 0.266. The quantitative estimate of drug-likeness (QED) is 0.349. The van der Waals surface area contributed by atoms with Crippen LogP contribution >= 0.6 is 11.6 Å². The number of hydrogen-bond acceptors (Lipinski definition) is 2. The Labute approximate surface area is 145 Å². The normalized spacial score (nSPS) is 12.0. The third-order valence-electron chi connectivity index (χ3n) is 4.22. The summed E-state index contributed by atoms with van der Waals surface area (Å²) in [4.78, 5) is 5.17. The van der Waals surface area contributed by atoms with Gasteiger partial charge in [0.25, 0.3) is 0 Å². The Morgan fingerprint density at radius 2 is 0.864 bits per heavy atom. The smallest absolute Gasteiger partial charge is 0.0590 e. The van der Waals surface area contributed by atoms with E-state index < -0.39 is 0 Å². The van der Waals surface area contributed by atoms with Crippen LogP contribution in [0.15, 0.2) is 0 Å². The van der Waals surface area contributed by atoms with E-state index in [1.807, 2.05) is 0 Å². The third kappa shape index (κ3) is 12.7. The van der Waals surface area contributed by atoms with E-state index in [1.54, 1.807) is 0 Å². The minimum absolute atomic E-state index is 0.266. The van der Waals surface area contributed by atoms with Crippen molar-refractivity contribution in [2.24, 2.45) is 0 Å². The Balaban J connectivity index is 4.24. The summed E-state index contributed by atoms with van der Waals surface area (Å²) in [5.41, 5.74) is 0. The van der Waals surface area contributed by atoms with E-state index in [9.17, 15) is 0 Å². The maximum Gasteiger partial charge on any atom is 0.0590 e. The second-order valence-corrected chi connectivity index (χ2v) is 7.23. The number of unbranched alkanes of at least 4 members (excludes halogenated alkanes) is 4. The molecular weight excluding hydrogens is 292 g/mol. The number of alkyl halides is 1. The SMILES string of the molecule is CCCCN(CCCC)CC(Cl)CN(CCCC)CCCC. The number of halogens is 1. The van der Waals surface area contributed by atoms with Crippen molar-refractivity contribution >= 4 is 11.6 Å². The third-order valence-corrected chi connectivity index (χ3v) is 4.50. The molecule has 0 spiro atoms. The molecular formula is C19H41ClN2. The van der Waals surface area contributed by atoms with E-state index in [4.69, 9.17) is 11.6 Å². The molecule has 0 unspecified atom stereocenters. The Morgan fingerprint density at radius 3 is 1.09 bits per heavy atom. The number of nitrogens with zero attached hydrogens (tertiary/aromatic N) is 2. The summed E-state index contributed by atoms with van der Waals surface area (Å²) in [6, 6.07) is 0. The van der Waals surface area contributed by atoms with Gasteiger partial charge in [0.2, 0.25) is 0 Å². The van der Waals surface area contributed by atoms with Crippen molar-refractivity contribution in [1.82, 2.24) is 9.80 Å². The van der Waals surface area contributed by atoms with E-state index in [0.717, 1.165) is 13.1 Å². The van der Waals surface area contributed by atoms with Crippen LogP contribution in [0.1, 0.15) is 79.1 Å². The molecule has 0 atom stereocenters. The zero-order chi connectivity index (χ0) is 16.6. The lowest BCUT2D eigenvalue weighted by Crippen LogP contribution is -2.39. The Kier molecular flexibility index (Phi) is 16.2. The molecule has 2 nitrogen and oxygen atoms in total. The Morgan fingerprint density at radius 1 is 0.591 bits per heavy atom. The van der Waals surface area contributed by atoms with E-state index in [0.29, 0.717) is 0 Å². The van der Waals surface area contributed by atoms with Crippen molar-refractivity contribution in [3.05, 3.63) is 0 Å². The fourth-order valence-electron chi connectivity index (χ4n) is 2.73. The van der Waals surface area contributed by atoms with Gasteiger partial charge < -0.3 is 9.80 Å². The molecule has 22 heavy (non-hydrogen) atoms. The molecule has 0 aliphatic heterocycles. The predicted molar refractivity (Wildman–Crippen MR) is 102 cm³/mol. The highest BCUT2D eigenvalue weighted by Crippen LogP contribution is 2.09. The van der Waals surface area contributed by atoms with E-state index in [-0.39, 0.29) is 5.38 Å². The van der Waals surface area contributed by atoms with Gasteiger partial charge in [0, 0.05) is 13.1 Å². The molecule has 0 N–H and O–H groups in total. The van der Waals surface area contributed by atoms with E-state index in [2.05, 4.69) is 37.5 Å². The summed E-state index contributed by atoms with van der Waals surface area (Å²) >= 11 is 6.70. The summed E-state index contributed by atoms with van der Waals surface area (Å²) in [5.74, 6) is 0. The molecule has 0 aliphatic rings. The lowest BCUT2D eigenvalue weighted by Gasteiger charge is -2.29. The molecule has 0 amide bonds. The fourth-order valence-corrected chi connectivity index (χ4v) is 3.12. The van der Waals surface area contributed by atoms with E-state index >= 15 is 0 Å². The largest absolute Gasteiger partial charge is 0.302 e. The van der Waals surface area contributed by atoms with Gasteiger partial charge in [0.05, 0.1) is 5.38 Å². The minimum Gasteiger partial charge on any atom is -0.302 e. The van der Waals surface area contributed by atoms with Gasteiger partial charge in [-0.3, -0.25) is 0 Å². The van der Waals surface area contributed by atoms with Gasteiger partial charge in [-0.2, -0.15) is 0 Å². The fraction of sp³-hybridized carbons (Fsp3) is 1.00. The highest BCUT2D eigenvalue weighted by molar-refractivity contribution is 6.21. The van der Waals surface area contributed by atoms with Gasteiger partial charge >= 0.3 is 0 Å². The van der Waals surface area contributed by atoms with Crippen LogP contribution in [0.2, 0.25) is 0 Å². The molecule has 0 aromatic rings. The second kappa shape index (κ2) is 16.1. The zero-order valence-electron chi connectivity index (χ0n) is 15.7. The molecule has 0 aromatic carbocycles. The number of hydrogen-bond donors (Lipinski definition) is 0. The van der Waals surface area contributed by atoms with Crippen LogP contribution in [0.4, 0.5) is 0 Å². The Bertz CT molecular complexity index is 185. The first-order valence-corrected chi connectivity index (χ1v) is 10.2. The van der Waals surface area contributed by atoms with Crippen molar-refractivity contribution < 1.29 is 0 Å². The average molecular weight is 333 g/mol. The molecule has 0 bridgehead atoms. The van der Waals surface area contributed by atoms with Crippen molar-refractivity contribution in [2.45, 2.75) is 84.4 Å². The van der Waals surface area contributed by atoms with Crippen LogP contribution in [0, 0.1) is 0 Å². The monoisotopic (exact) mass is 332 g/mol.